The van der Waals surface area contributed by atoms with Crippen LogP contribution in [-0.4, -0.2) is 59.6 Å². The third-order valence-corrected chi connectivity index (χ3v) is 3.02. The van der Waals surface area contributed by atoms with Gasteiger partial charge in [-0.3, -0.25) is 4.79 Å². The Kier molecular flexibility index (Phi) is 6.35. The van der Waals surface area contributed by atoms with Crippen LogP contribution in [0, 0.1) is 6.92 Å². The van der Waals surface area contributed by atoms with Crippen LogP contribution in [0.25, 0.3) is 0 Å². The Morgan fingerprint density at radius 3 is 2.24 bits per heavy atom. The van der Waals surface area contributed by atoms with Gasteiger partial charge in [-0.15, -0.1) is 0 Å². The second-order valence-electron chi connectivity index (χ2n) is 4.53. The molecule has 1 heterocycles. The highest BCUT2D eigenvalue weighted by Crippen LogP contribution is 2.11. The summed E-state index contributed by atoms with van der Waals surface area (Å²) in [5.41, 5.74) is 0.570. The summed E-state index contributed by atoms with van der Waals surface area (Å²) in [7, 11) is 0. The van der Waals surface area contributed by atoms with Crippen molar-refractivity contribution in [3.8, 4) is 0 Å². The largest absolute Gasteiger partial charge is 0.478 e. The first-order valence-electron chi connectivity index (χ1n) is 6.43. The van der Waals surface area contributed by atoms with E-state index in [-0.39, 0.29) is 11.1 Å². The highest BCUT2D eigenvalue weighted by Gasteiger charge is 2.10. The van der Waals surface area contributed by atoms with Gasteiger partial charge in [0.2, 0.25) is 6.41 Å². The fraction of sp³-hybridized carbons (Fsp3) is 0.357. The molecule has 3 N–H and O–H groups in total. The number of aryl methyl sites for hydroxylation is 1. The Hall–Kier alpha value is -2.41. The molecule has 7 heteroatoms. The quantitative estimate of drug-likeness (QED) is 0.698. The van der Waals surface area contributed by atoms with E-state index in [0.717, 1.165) is 38.7 Å². The molecule has 114 valence electrons. The molecule has 1 aromatic rings. The normalized spacial score (nSPS) is 13.9. The Morgan fingerprint density at radius 1 is 1.19 bits per heavy atom. The molecular weight excluding hydrogens is 276 g/mol. The number of rotatable bonds is 3. The topological polar surface area (TPSA) is 107 Å². The van der Waals surface area contributed by atoms with Gasteiger partial charge in [-0.1, -0.05) is 6.07 Å². The third kappa shape index (κ3) is 5.23. The van der Waals surface area contributed by atoms with E-state index >= 15 is 0 Å². The summed E-state index contributed by atoms with van der Waals surface area (Å²) in [4.78, 5) is 32.9. The maximum Gasteiger partial charge on any atom is 0.335 e. The van der Waals surface area contributed by atoms with E-state index in [2.05, 4.69) is 5.32 Å². The third-order valence-electron chi connectivity index (χ3n) is 3.02. The number of nitrogens with zero attached hydrogens (tertiary/aromatic N) is 1. The van der Waals surface area contributed by atoms with Crippen LogP contribution in [0.2, 0.25) is 0 Å². The lowest BCUT2D eigenvalue weighted by atomic mass is 10.1. The molecule has 1 saturated heterocycles. The van der Waals surface area contributed by atoms with Crippen molar-refractivity contribution in [2.75, 3.05) is 26.2 Å². The summed E-state index contributed by atoms with van der Waals surface area (Å²) in [6, 6.07) is 4.01. The molecule has 1 aliphatic heterocycles. The first-order chi connectivity index (χ1) is 9.95. The molecule has 1 fully saturated rings. The molecule has 1 amide bonds. The van der Waals surface area contributed by atoms with Crippen molar-refractivity contribution in [2.45, 2.75) is 6.92 Å². The van der Waals surface area contributed by atoms with Gasteiger partial charge >= 0.3 is 11.9 Å². The lowest BCUT2D eigenvalue weighted by Crippen LogP contribution is -2.42. The van der Waals surface area contributed by atoms with Gasteiger partial charge in [-0.25, -0.2) is 9.59 Å². The minimum Gasteiger partial charge on any atom is -0.478 e. The van der Waals surface area contributed by atoms with Gasteiger partial charge in [-0.2, -0.15) is 0 Å². The summed E-state index contributed by atoms with van der Waals surface area (Å²) in [6.07, 6.45) is 0.904. The van der Waals surface area contributed by atoms with Crippen LogP contribution in [-0.2, 0) is 4.79 Å². The van der Waals surface area contributed by atoms with Crippen LogP contribution in [0.1, 0.15) is 26.3 Å². The van der Waals surface area contributed by atoms with E-state index in [1.807, 2.05) is 0 Å². The number of carboxylic acids is 2. The van der Waals surface area contributed by atoms with E-state index in [9.17, 15) is 14.4 Å². The maximum atomic E-state index is 10.6. The number of aromatic carboxylic acids is 2. The molecule has 0 aliphatic carbocycles. The average Bonchev–Trinajstić information content (AvgIpc) is 2.48. The molecule has 1 aromatic carbocycles. The van der Waals surface area contributed by atoms with Crippen molar-refractivity contribution in [1.82, 2.24) is 10.2 Å². The van der Waals surface area contributed by atoms with Gasteiger partial charge in [0.15, 0.2) is 0 Å². The van der Waals surface area contributed by atoms with Crippen LogP contribution in [0.3, 0.4) is 0 Å². The zero-order chi connectivity index (χ0) is 15.8. The van der Waals surface area contributed by atoms with Crippen LogP contribution >= 0.6 is 0 Å². The minimum absolute atomic E-state index is 0.0111. The number of hydrogen-bond acceptors (Lipinski definition) is 4. The SMILES string of the molecule is Cc1ccc(C(=O)O)cc1C(=O)O.O=CN1CCNCC1. The number of carbonyl (C=O) groups is 3. The Morgan fingerprint density at radius 2 is 1.81 bits per heavy atom. The fourth-order valence-electron chi connectivity index (χ4n) is 1.77. The molecule has 0 aromatic heterocycles. The Labute approximate surface area is 122 Å². The summed E-state index contributed by atoms with van der Waals surface area (Å²) >= 11 is 0. The first kappa shape index (κ1) is 16.6. The fourth-order valence-corrected chi connectivity index (χ4v) is 1.77. The lowest BCUT2D eigenvalue weighted by Gasteiger charge is -2.22. The molecular formula is C14H18N2O5. The molecule has 0 unspecified atom stereocenters. The number of amides is 1. The molecule has 7 nitrogen and oxygen atoms in total. The smallest absolute Gasteiger partial charge is 0.335 e. The van der Waals surface area contributed by atoms with Gasteiger partial charge in [0.1, 0.15) is 0 Å². The van der Waals surface area contributed by atoms with Crippen LogP contribution < -0.4 is 5.32 Å². The molecule has 0 saturated carbocycles. The second-order valence-corrected chi connectivity index (χ2v) is 4.53. The highest BCUT2D eigenvalue weighted by molar-refractivity contribution is 5.94. The number of carboxylic acid groups (broad SMARTS) is 2. The van der Waals surface area contributed by atoms with Crippen LogP contribution in [0.4, 0.5) is 0 Å². The monoisotopic (exact) mass is 294 g/mol. The molecule has 0 radical (unpaired) electrons. The minimum atomic E-state index is -1.12. The molecule has 0 atom stereocenters. The summed E-state index contributed by atoms with van der Waals surface area (Å²) in [5, 5.41) is 20.4. The standard InChI is InChI=1S/C9H8O4.C5H10N2O/c1-5-2-3-6(8(10)11)4-7(5)9(12)13;8-5-7-3-1-6-2-4-7/h2-4H,1H3,(H,10,11)(H,12,13);5-6H,1-4H2. The van der Waals surface area contributed by atoms with Gasteiger partial charge < -0.3 is 20.4 Å². The summed E-state index contributed by atoms with van der Waals surface area (Å²) < 4.78 is 0. The first-order valence-corrected chi connectivity index (χ1v) is 6.43. The lowest BCUT2D eigenvalue weighted by molar-refractivity contribution is -0.118. The Balaban J connectivity index is 0.000000235. The zero-order valence-corrected chi connectivity index (χ0v) is 11.7. The molecule has 0 bridgehead atoms. The van der Waals surface area contributed by atoms with Gasteiger partial charge in [0.25, 0.3) is 0 Å². The van der Waals surface area contributed by atoms with Crippen molar-refractivity contribution in [1.29, 1.82) is 0 Å². The average molecular weight is 294 g/mol. The van der Waals surface area contributed by atoms with Crippen molar-refractivity contribution in [2.24, 2.45) is 0 Å². The van der Waals surface area contributed by atoms with E-state index < -0.39 is 11.9 Å². The number of nitrogens with one attached hydrogen (secondary N) is 1. The molecule has 1 aliphatic rings. The molecule has 0 spiro atoms. The van der Waals surface area contributed by atoms with Crippen molar-refractivity contribution in [3.63, 3.8) is 0 Å². The Bertz CT molecular complexity index is 524. The molecule has 21 heavy (non-hydrogen) atoms. The van der Waals surface area contributed by atoms with E-state index in [1.165, 1.54) is 12.1 Å². The predicted octanol–water partition coefficient (Wildman–Crippen LogP) is 0.439. The zero-order valence-electron chi connectivity index (χ0n) is 11.7. The predicted molar refractivity (Wildman–Crippen MR) is 75.6 cm³/mol. The van der Waals surface area contributed by atoms with Gasteiger partial charge in [0, 0.05) is 26.2 Å². The maximum absolute atomic E-state index is 10.6. The van der Waals surface area contributed by atoms with Crippen molar-refractivity contribution < 1.29 is 24.6 Å². The van der Waals surface area contributed by atoms with E-state index in [1.54, 1.807) is 11.8 Å². The van der Waals surface area contributed by atoms with Gasteiger partial charge in [0.05, 0.1) is 11.1 Å². The van der Waals surface area contributed by atoms with Gasteiger partial charge in [-0.05, 0) is 24.6 Å². The summed E-state index contributed by atoms with van der Waals surface area (Å²) in [6.45, 7) is 5.24. The number of benzene rings is 1. The number of piperazine rings is 1. The number of carbonyl (C=O) groups excluding carboxylic acids is 1. The second kappa shape index (κ2) is 8.01. The van der Waals surface area contributed by atoms with E-state index in [0.29, 0.717) is 5.56 Å². The van der Waals surface area contributed by atoms with Crippen molar-refractivity contribution in [3.05, 3.63) is 34.9 Å². The van der Waals surface area contributed by atoms with Crippen LogP contribution in [0.15, 0.2) is 18.2 Å². The molecule has 2 rings (SSSR count). The van der Waals surface area contributed by atoms with Crippen LogP contribution in [0.5, 0.6) is 0 Å². The summed E-state index contributed by atoms with van der Waals surface area (Å²) in [5.74, 6) is -2.23. The van der Waals surface area contributed by atoms with Crippen molar-refractivity contribution >= 4 is 18.3 Å². The highest BCUT2D eigenvalue weighted by atomic mass is 16.4. The number of hydrogen-bond donors (Lipinski definition) is 3. The van der Waals surface area contributed by atoms with E-state index in [4.69, 9.17) is 10.2 Å².